The largest absolute Gasteiger partial charge is 0.462 e. The zero-order valence-electron chi connectivity index (χ0n) is 23.5. The molecule has 4 aromatic rings. The number of esters is 1. The first-order chi connectivity index (χ1) is 20.9. The Kier molecular flexibility index (Phi) is 9.48. The molecule has 2 amide bonds. The normalized spacial score (nSPS) is 16.3. The number of aromatic nitrogens is 1. The lowest BCUT2D eigenvalue weighted by Crippen LogP contribution is -2.55. The molecule has 9 nitrogen and oxygen atoms in total. The maximum absolute atomic E-state index is 13.6. The molecular weight excluding hydrogens is 612 g/mol. The van der Waals surface area contributed by atoms with Crippen molar-refractivity contribution in [1.29, 1.82) is 0 Å². The molecule has 220 valence electrons. The number of alkyl carbamates (subject to hydrolysis) is 1. The molecule has 43 heavy (non-hydrogen) atoms. The Balaban J connectivity index is 1.15. The third-order valence-electron chi connectivity index (χ3n) is 7.22. The molecule has 10 heteroatoms. The molecule has 0 radical (unpaired) electrons. The fraction of sp³-hybridized carbons (Fsp3) is 0.212. The van der Waals surface area contributed by atoms with E-state index in [-0.39, 0.29) is 19.1 Å². The number of carbonyl (C=O) groups excluding carboxylic acids is 3. The van der Waals surface area contributed by atoms with Crippen molar-refractivity contribution in [3.63, 3.8) is 0 Å². The van der Waals surface area contributed by atoms with Crippen molar-refractivity contribution in [2.45, 2.75) is 25.0 Å². The number of ether oxygens (including phenoxy) is 2. The first-order valence-corrected chi connectivity index (χ1v) is 14.7. The third kappa shape index (κ3) is 6.76. The summed E-state index contributed by atoms with van der Waals surface area (Å²) in [4.78, 5) is 42.6. The van der Waals surface area contributed by atoms with Gasteiger partial charge >= 0.3 is 12.1 Å². The molecule has 0 spiro atoms. The highest BCUT2D eigenvalue weighted by Gasteiger charge is 2.46. The van der Waals surface area contributed by atoms with Gasteiger partial charge in [-0.1, -0.05) is 66.7 Å². The molecule has 1 aromatic heterocycles. The topological polar surface area (TPSA) is 119 Å². The smallest absolute Gasteiger partial charge is 0.407 e. The lowest BCUT2D eigenvalue weighted by molar-refractivity contribution is -0.150. The van der Waals surface area contributed by atoms with Crippen molar-refractivity contribution < 1.29 is 23.9 Å². The van der Waals surface area contributed by atoms with Crippen LogP contribution in [0.1, 0.15) is 45.8 Å². The minimum Gasteiger partial charge on any atom is -0.462 e. The molecule has 2 unspecified atom stereocenters. The number of halogens is 1. The van der Waals surface area contributed by atoms with Gasteiger partial charge in [0.05, 0.1) is 12.2 Å². The van der Waals surface area contributed by atoms with Crippen LogP contribution in [0.4, 0.5) is 10.5 Å². The number of hydrogen-bond acceptors (Lipinski definition) is 7. The molecule has 0 fully saturated rings. The second-order valence-corrected chi connectivity index (χ2v) is 10.8. The highest BCUT2D eigenvalue weighted by molar-refractivity contribution is 9.10. The van der Waals surface area contributed by atoms with E-state index in [0.29, 0.717) is 22.4 Å². The van der Waals surface area contributed by atoms with Gasteiger partial charge in [0.1, 0.15) is 18.4 Å². The molecule has 5 rings (SSSR count). The van der Waals surface area contributed by atoms with E-state index in [4.69, 9.17) is 9.47 Å². The summed E-state index contributed by atoms with van der Waals surface area (Å²) in [6.07, 6.45) is 1.13. The number of anilines is 1. The number of nitrogens with one attached hydrogen (secondary N) is 3. The van der Waals surface area contributed by atoms with Gasteiger partial charge in [-0.15, -0.1) is 0 Å². The maximum Gasteiger partial charge on any atom is 0.407 e. The molecular formula is C33H31BrN4O5. The van der Waals surface area contributed by atoms with Gasteiger partial charge in [-0.25, -0.2) is 9.59 Å². The van der Waals surface area contributed by atoms with Gasteiger partial charge in [-0.2, -0.15) is 0 Å². The Bertz CT molecular complexity index is 1600. The van der Waals surface area contributed by atoms with Crippen LogP contribution in [0.2, 0.25) is 0 Å². The molecule has 2 atom stereocenters. The fourth-order valence-corrected chi connectivity index (χ4v) is 5.57. The zero-order valence-corrected chi connectivity index (χ0v) is 25.1. The lowest BCUT2D eigenvalue weighted by Gasteiger charge is -2.38. The number of hydrogen-bond donors (Lipinski definition) is 3. The predicted molar refractivity (Wildman–Crippen MR) is 166 cm³/mol. The minimum atomic E-state index is -1.14. The van der Waals surface area contributed by atoms with Gasteiger partial charge in [0.2, 0.25) is 0 Å². The van der Waals surface area contributed by atoms with E-state index >= 15 is 0 Å². The van der Waals surface area contributed by atoms with Crippen molar-refractivity contribution in [3.05, 3.63) is 130 Å². The van der Waals surface area contributed by atoms with Crippen LogP contribution in [-0.2, 0) is 26.2 Å². The average molecular weight is 644 g/mol. The monoisotopic (exact) mass is 642 g/mol. The summed E-state index contributed by atoms with van der Waals surface area (Å²) in [6.45, 7) is 2.41. The van der Waals surface area contributed by atoms with Crippen LogP contribution < -0.4 is 16.0 Å². The number of benzene rings is 3. The van der Waals surface area contributed by atoms with E-state index in [1.165, 1.54) is 0 Å². The lowest BCUT2D eigenvalue weighted by atomic mass is 9.77. The summed E-state index contributed by atoms with van der Waals surface area (Å²) in [5, 5.41) is 8.86. The van der Waals surface area contributed by atoms with Crippen LogP contribution in [-0.4, -0.2) is 42.7 Å². The molecule has 1 aliphatic heterocycles. The van der Waals surface area contributed by atoms with Crippen molar-refractivity contribution in [2.75, 3.05) is 25.0 Å². The van der Waals surface area contributed by atoms with Crippen LogP contribution >= 0.6 is 15.9 Å². The SMILES string of the molecule is CC(OC(=O)NCCOC(=O)C1(c2ccccc2)NCCc2ccccc21)c1ccc(NC(=O)c2ccccn2)c(Br)c1. The van der Waals surface area contributed by atoms with Crippen LogP contribution in [0.15, 0.2) is 102 Å². The molecule has 3 aromatic carbocycles. The number of amides is 2. The Hall–Kier alpha value is -4.54. The molecule has 0 saturated heterocycles. The van der Waals surface area contributed by atoms with E-state index in [2.05, 4.69) is 36.9 Å². The number of rotatable bonds is 9. The summed E-state index contributed by atoms with van der Waals surface area (Å²) in [5.74, 6) is -0.772. The summed E-state index contributed by atoms with van der Waals surface area (Å²) in [5.41, 5.74) is 3.19. The van der Waals surface area contributed by atoms with Crippen molar-refractivity contribution in [1.82, 2.24) is 15.6 Å². The molecule has 3 N–H and O–H groups in total. The van der Waals surface area contributed by atoms with Crippen LogP contribution in [0.25, 0.3) is 0 Å². The van der Waals surface area contributed by atoms with Crippen molar-refractivity contribution in [2.24, 2.45) is 0 Å². The standard InChI is InChI=1S/C33H31BrN4O5/c1-22(24-14-15-28(27(34)21-24)38-30(39)29-13-7-8-17-35-29)43-32(41)36-19-20-42-31(40)33(25-10-3-2-4-11-25)26-12-6-5-9-23(26)16-18-37-33/h2-15,17,21-22,37H,16,18-20H2,1H3,(H,36,41)(H,38,39). The maximum atomic E-state index is 13.6. The second-order valence-electron chi connectivity index (χ2n) is 9.97. The van der Waals surface area contributed by atoms with E-state index in [1.807, 2.05) is 54.6 Å². The van der Waals surface area contributed by atoms with Crippen molar-refractivity contribution in [3.8, 4) is 0 Å². The molecule has 0 saturated carbocycles. The van der Waals surface area contributed by atoms with Gasteiger partial charge in [0.15, 0.2) is 5.54 Å². The first kappa shape index (κ1) is 29.9. The van der Waals surface area contributed by atoms with Gasteiger partial charge < -0.3 is 20.1 Å². The molecule has 2 heterocycles. The summed E-state index contributed by atoms with van der Waals surface area (Å²) in [6, 6.07) is 27.7. The van der Waals surface area contributed by atoms with E-state index in [0.717, 1.165) is 28.7 Å². The summed E-state index contributed by atoms with van der Waals surface area (Å²) < 4.78 is 11.9. The predicted octanol–water partition coefficient (Wildman–Crippen LogP) is 5.52. The highest BCUT2D eigenvalue weighted by Crippen LogP contribution is 2.36. The Morgan fingerprint density at radius 2 is 1.77 bits per heavy atom. The van der Waals surface area contributed by atoms with Gasteiger partial charge in [-0.05, 0) is 75.8 Å². The summed E-state index contributed by atoms with van der Waals surface area (Å²) >= 11 is 3.47. The average Bonchev–Trinajstić information content (AvgIpc) is 3.04. The van der Waals surface area contributed by atoms with Crippen LogP contribution in [0.3, 0.4) is 0 Å². The minimum absolute atomic E-state index is 0.0308. The molecule has 0 aliphatic carbocycles. The Morgan fingerprint density at radius 3 is 2.53 bits per heavy atom. The summed E-state index contributed by atoms with van der Waals surface area (Å²) in [7, 11) is 0. The zero-order chi connectivity index (χ0) is 30.2. The van der Waals surface area contributed by atoms with Crippen LogP contribution in [0.5, 0.6) is 0 Å². The fourth-order valence-electron chi connectivity index (χ4n) is 5.07. The van der Waals surface area contributed by atoms with E-state index in [9.17, 15) is 14.4 Å². The number of fused-ring (bicyclic) bond motifs is 1. The Labute approximate surface area is 258 Å². The van der Waals surface area contributed by atoms with Gasteiger partial charge in [-0.3, -0.25) is 15.1 Å². The third-order valence-corrected chi connectivity index (χ3v) is 7.87. The quantitative estimate of drug-likeness (QED) is 0.163. The van der Waals surface area contributed by atoms with Gasteiger partial charge in [0.25, 0.3) is 5.91 Å². The molecule has 0 bridgehead atoms. The molecule has 1 aliphatic rings. The van der Waals surface area contributed by atoms with Crippen molar-refractivity contribution >= 4 is 39.6 Å². The van der Waals surface area contributed by atoms with E-state index in [1.54, 1.807) is 49.5 Å². The number of nitrogens with zero attached hydrogens (tertiary/aromatic N) is 1. The number of pyridine rings is 1. The number of carbonyl (C=O) groups is 3. The Morgan fingerprint density at radius 1 is 1.00 bits per heavy atom. The highest BCUT2D eigenvalue weighted by atomic mass is 79.9. The van der Waals surface area contributed by atoms with E-state index < -0.39 is 23.7 Å². The van der Waals surface area contributed by atoms with Gasteiger partial charge in [0, 0.05) is 17.2 Å². The second kappa shape index (κ2) is 13.6. The first-order valence-electron chi connectivity index (χ1n) is 13.9. The van der Waals surface area contributed by atoms with Crippen LogP contribution in [0, 0.1) is 0 Å².